The van der Waals surface area contributed by atoms with Crippen molar-refractivity contribution in [2.45, 2.75) is 20.0 Å². The highest BCUT2D eigenvalue weighted by Crippen LogP contribution is 2.35. The molecule has 0 bridgehead atoms. The Kier molecular flexibility index (Phi) is 7.53. The Labute approximate surface area is 205 Å². The van der Waals surface area contributed by atoms with Gasteiger partial charge in [-0.25, -0.2) is 22.5 Å². The molecule has 0 aliphatic carbocycles. The maximum absolute atomic E-state index is 14.6. The number of rotatable bonds is 6. The van der Waals surface area contributed by atoms with Crippen molar-refractivity contribution in [3.63, 3.8) is 0 Å². The van der Waals surface area contributed by atoms with Gasteiger partial charge in [0.15, 0.2) is 0 Å². The summed E-state index contributed by atoms with van der Waals surface area (Å²) >= 11 is 18.6. The third-order valence-electron chi connectivity index (χ3n) is 4.64. The highest BCUT2D eigenvalue weighted by Gasteiger charge is 2.20. The zero-order chi connectivity index (χ0) is 24.5. The lowest BCUT2D eigenvalue weighted by molar-refractivity contribution is 0.0977. The number of carbonyl (C=O) groups is 1. The number of aryl methyl sites for hydroxylation is 1. The summed E-state index contributed by atoms with van der Waals surface area (Å²) in [6, 6.07) is 8.94. The summed E-state index contributed by atoms with van der Waals surface area (Å²) in [6.07, 6.45) is 1.76. The topological polar surface area (TPSA) is 85.4 Å². The molecule has 0 aliphatic heterocycles. The van der Waals surface area contributed by atoms with Gasteiger partial charge in [-0.2, -0.15) is 0 Å². The van der Waals surface area contributed by atoms with Crippen LogP contribution in [-0.2, 0) is 10.0 Å². The smallest absolute Gasteiger partial charge is 0.267 e. The summed E-state index contributed by atoms with van der Waals surface area (Å²) < 4.78 is 44.7. The van der Waals surface area contributed by atoms with Crippen molar-refractivity contribution in [1.82, 2.24) is 9.71 Å². The highest BCUT2D eigenvalue weighted by atomic mass is 35.5. The number of benzene rings is 2. The molecule has 0 fully saturated rings. The highest BCUT2D eigenvalue weighted by molar-refractivity contribution is 7.89. The number of halogens is 4. The first-order chi connectivity index (χ1) is 15.4. The number of hydrogen-bond donors (Lipinski definition) is 1. The van der Waals surface area contributed by atoms with Gasteiger partial charge < -0.3 is 4.74 Å². The maximum atomic E-state index is 14.6. The molecule has 1 atom stereocenters. The Bertz CT molecular complexity index is 1350. The van der Waals surface area contributed by atoms with Crippen molar-refractivity contribution in [3.8, 4) is 17.0 Å². The Morgan fingerprint density at radius 2 is 1.82 bits per heavy atom. The van der Waals surface area contributed by atoms with Gasteiger partial charge in [-0.3, -0.25) is 4.79 Å². The van der Waals surface area contributed by atoms with Crippen LogP contribution in [0.2, 0.25) is 15.1 Å². The molecular formula is C22H18Cl3FN2O4S. The SMILES string of the molecule is Cc1cc(C(=O)NS(C)(=O)=O)c(F)cc1-c1cnc(O[C@H](C)c2cc(Cl)ccc2Cl)c(Cl)c1. The average Bonchev–Trinajstić information content (AvgIpc) is 2.71. The average molecular weight is 532 g/mol. The van der Waals surface area contributed by atoms with Gasteiger partial charge in [-0.1, -0.05) is 34.8 Å². The minimum absolute atomic E-state index is 0.145. The van der Waals surface area contributed by atoms with E-state index in [1.807, 2.05) is 0 Å². The summed E-state index contributed by atoms with van der Waals surface area (Å²) in [6.45, 7) is 3.41. The second-order valence-electron chi connectivity index (χ2n) is 7.29. The Hall–Kier alpha value is -2.39. The van der Waals surface area contributed by atoms with Crippen molar-refractivity contribution < 1.29 is 22.3 Å². The molecule has 1 heterocycles. The molecule has 3 rings (SSSR count). The second kappa shape index (κ2) is 9.85. The lowest BCUT2D eigenvalue weighted by Crippen LogP contribution is -2.30. The van der Waals surface area contributed by atoms with E-state index >= 15 is 0 Å². The van der Waals surface area contributed by atoms with Gasteiger partial charge >= 0.3 is 0 Å². The van der Waals surface area contributed by atoms with Gasteiger partial charge in [-0.15, -0.1) is 0 Å². The van der Waals surface area contributed by atoms with Crippen molar-refractivity contribution in [3.05, 3.63) is 80.2 Å². The third kappa shape index (κ3) is 6.14. The van der Waals surface area contributed by atoms with Crippen LogP contribution in [0, 0.1) is 12.7 Å². The van der Waals surface area contributed by atoms with Crippen LogP contribution < -0.4 is 9.46 Å². The van der Waals surface area contributed by atoms with Crippen LogP contribution in [0.15, 0.2) is 42.6 Å². The lowest BCUT2D eigenvalue weighted by Gasteiger charge is -2.17. The molecule has 1 aromatic heterocycles. The number of nitrogens with one attached hydrogen (secondary N) is 1. The lowest BCUT2D eigenvalue weighted by atomic mass is 9.99. The van der Waals surface area contributed by atoms with E-state index in [1.54, 1.807) is 42.8 Å². The summed E-state index contributed by atoms with van der Waals surface area (Å²) in [5, 5.41) is 1.16. The van der Waals surface area contributed by atoms with Crippen molar-refractivity contribution in [2.75, 3.05) is 6.26 Å². The number of ether oxygens (including phenoxy) is 1. The maximum Gasteiger partial charge on any atom is 0.267 e. The standard InChI is InChI=1S/C22H18Cl3FN2O4S/c1-11-6-17(21(29)28-33(3,30)31)20(26)9-15(11)13-7-19(25)22(27-10-13)32-12(2)16-8-14(23)4-5-18(16)24/h4-10,12H,1-3H3,(H,28,29)/t12-/m1/s1. The third-order valence-corrected chi connectivity index (χ3v) is 6.05. The van der Waals surface area contributed by atoms with E-state index in [2.05, 4.69) is 4.98 Å². The molecule has 6 nitrogen and oxygen atoms in total. The zero-order valence-electron chi connectivity index (χ0n) is 17.6. The van der Waals surface area contributed by atoms with Crippen molar-refractivity contribution in [2.24, 2.45) is 0 Å². The van der Waals surface area contributed by atoms with Crippen LogP contribution in [0.25, 0.3) is 11.1 Å². The molecule has 33 heavy (non-hydrogen) atoms. The monoisotopic (exact) mass is 530 g/mol. The van der Waals surface area contributed by atoms with E-state index in [1.165, 1.54) is 12.3 Å². The molecule has 0 radical (unpaired) electrons. The van der Waals surface area contributed by atoms with E-state index in [4.69, 9.17) is 39.5 Å². The number of nitrogens with zero attached hydrogens (tertiary/aromatic N) is 1. The van der Waals surface area contributed by atoms with Gasteiger partial charge in [0.2, 0.25) is 15.9 Å². The number of amides is 1. The molecular weight excluding hydrogens is 514 g/mol. The Morgan fingerprint density at radius 1 is 1.12 bits per heavy atom. The molecule has 3 aromatic rings. The molecule has 1 amide bonds. The second-order valence-corrected chi connectivity index (χ2v) is 10.3. The van der Waals surface area contributed by atoms with Crippen LogP contribution in [0.1, 0.15) is 34.5 Å². The van der Waals surface area contributed by atoms with Gasteiger partial charge in [-0.05, 0) is 61.4 Å². The number of pyridine rings is 1. The fourth-order valence-corrected chi connectivity index (χ4v) is 4.22. The van der Waals surface area contributed by atoms with Crippen LogP contribution in [-0.4, -0.2) is 25.6 Å². The molecule has 174 valence electrons. The van der Waals surface area contributed by atoms with E-state index in [9.17, 15) is 17.6 Å². The van der Waals surface area contributed by atoms with E-state index in [0.717, 1.165) is 12.3 Å². The molecule has 2 aromatic carbocycles. The number of aromatic nitrogens is 1. The van der Waals surface area contributed by atoms with Gasteiger partial charge in [0, 0.05) is 27.4 Å². The van der Waals surface area contributed by atoms with E-state index in [0.29, 0.717) is 32.3 Å². The van der Waals surface area contributed by atoms with Gasteiger partial charge in [0.1, 0.15) is 16.9 Å². The number of hydrogen-bond acceptors (Lipinski definition) is 5. The van der Waals surface area contributed by atoms with Crippen LogP contribution in [0.5, 0.6) is 5.88 Å². The zero-order valence-corrected chi connectivity index (χ0v) is 20.7. The summed E-state index contributed by atoms with van der Waals surface area (Å²) in [7, 11) is -3.83. The van der Waals surface area contributed by atoms with Gasteiger partial charge in [0.25, 0.3) is 5.91 Å². The van der Waals surface area contributed by atoms with Gasteiger partial charge in [0.05, 0.1) is 11.8 Å². The Morgan fingerprint density at radius 3 is 2.45 bits per heavy atom. The predicted octanol–water partition coefficient (Wildman–Crippen LogP) is 5.99. The quantitative estimate of drug-likeness (QED) is 0.422. The Balaban J connectivity index is 1.88. The fourth-order valence-electron chi connectivity index (χ4n) is 3.11. The van der Waals surface area contributed by atoms with Crippen molar-refractivity contribution in [1.29, 1.82) is 0 Å². The van der Waals surface area contributed by atoms with E-state index in [-0.39, 0.29) is 10.9 Å². The van der Waals surface area contributed by atoms with Crippen molar-refractivity contribution >= 4 is 50.7 Å². The van der Waals surface area contributed by atoms with Crippen LogP contribution in [0.4, 0.5) is 4.39 Å². The molecule has 0 aliphatic rings. The minimum atomic E-state index is -3.83. The van der Waals surface area contributed by atoms with Crippen LogP contribution >= 0.6 is 34.8 Å². The number of carbonyl (C=O) groups excluding carboxylic acids is 1. The molecule has 0 spiro atoms. The largest absolute Gasteiger partial charge is 0.469 e. The molecule has 1 N–H and O–H groups in total. The minimum Gasteiger partial charge on any atom is -0.469 e. The normalized spacial score (nSPS) is 12.3. The first-order valence-electron chi connectivity index (χ1n) is 9.45. The number of sulfonamides is 1. The summed E-state index contributed by atoms with van der Waals surface area (Å²) in [5.41, 5.74) is 1.68. The summed E-state index contributed by atoms with van der Waals surface area (Å²) in [4.78, 5) is 16.3. The molecule has 0 unspecified atom stereocenters. The predicted molar refractivity (Wildman–Crippen MR) is 127 cm³/mol. The summed E-state index contributed by atoms with van der Waals surface area (Å²) in [5.74, 6) is -1.80. The molecule has 11 heteroatoms. The first kappa shape index (κ1) is 25.2. The first-order valence-corrected chi connectivity index (χ1v) is 12.5. The molecule has 0 saturated heterocycles. The van der Waals surface area contributed by atoms with Crippen LogP contribution in [0.3, 0.4) is 0 Å². The van der Waals surface area contributed by atoms with E-state index < -0.39 is 33.4 Å². The molecule has 0 saturated carbocycles. The fraction of sp³-hybridized carbons (Fsp3) is 0.182.